The molecule has 13 heteroatoms. The third-order valence-corrected chi connectivity index (χ3v) is 7.47. The van der Waals surface area contributed by atoms with Crippen molar-refractivity contribution < 1.29 is 35.5 Å². The third-order valence-electron chi connectivity index (χ3n) is 6.43. The van der Waals surface area contributed by atoms with Crippen LogP contribution in [0.15, 0.2) is 35.2 Å². The number of sulfonamides is 1. The Bertz CT molecular complexity index is 1240. The highest BCUT2D eigenvalue weighted by Gasteiger charge is 2.33. The van der Waals surface area contributed by atoms with Gasteiger partial charge in [0.15, 0.2) is 5.82 Å². The highest BCUT2D eigenvalue weighted by Crippen LogP contribution is 2.34. The average Bonchev–Trinajstić information content (AvgIpc) is 2.84. The number of amides is 1. The van der Waals surface area contributed by atoms with Crippen molar-refractivity contribution in [2.24, 2.45) is 5.14 Å². The quantitative estimate of drug-likeness (QED) is 0.611. The zero-order valence-corrected chi connectivity index (χ0v) is 20.3. The molecule has 1 amide bonds. The van der Waals surface area contributed by atoms with Crippen molar-refractivity contribution in [2.75, 3.05) is 62.3 Å². The van der Waals surface area contributed by atoms with Crippen molar-refractivity contribution in [1.82, 2.24) is 4.90 Å². The number of hydrogen-bond acceptors (Lipinski definition) is 6. The van der Waals surface area contributed by atoms with Crippen LogP contribution in [0.1, 0.15) is 21.5 Å². The lowest BCUT2D eigenvalue weighted by Gasteiger charge is -2.37. The first-order valence-corrected chi connectivity index (χ1v) is 12.8. The summed E-state index contributed by atoms with van der Waals surface area (Å²) < 4.78 is 83.6. The zero-order chi connectivity index (χ0) is 26.3. The first-order chi connectivity index (χ1) is 16.9. The van der Waals surface area contributed by atoms with E-state index in [4.69, 9.17) is 9.88 Å². The number of carbonyl (C=O) groups is 1. The number of piperazine rings is 1. The lowest BCUT2D eigenvalue weighted by Crippen LogP contribution is -2.49. The van der Waals surface area contributed by atoms with Gasteiger partial charge in [-0.3, -0.25) is 4.79 Å². The summed E-state index contributed by atoms with van der Waals surface area (Å²) in [5, 5.41) is 5.29. The molecule has 2 aliphatic rings. The second-order valence-electron chi connectivity index (χ2n) is 8.68. The highest BCUT2D eigenvalue weighted by atomic mass is 32.2. The minimum atomic E-state index is -4.43. The largest absolute Gasteiger partial charge is 0.416 e. The van der Waals surface area contributed by atoms with E-state index in [9.17, 15) is 26.4 Å². The Balaban J connectivity index is 1.59. The van der Waals surface area contributed by atoms with Crippen LogP contribution in [0.3, 0.4) is 0 Å². The Kier molecular flexibility index (Phi) is 7.17. The van der Waals surface area contributed by atoms with E-state index in [1.165, 1.54) is 24.0 Å². The fraction of sp³-hybridized carbons (Fsp3) is 0.435. The minimum absolute atomic E-state index is 0.0124. The molecule has 0 unspecified atom stereocenters. The van der Waals surface area contributed by atoms with Gasteiger partial charge in [0.05, 0.1) is 34.9 Å². The van der Waals surface area contributed by atoms with Gasteiger partial charge in [0.1, 0.15) is 0 Å². The minimum Gasteiger partial charge on any atom is -0.378 e. The Morgan fingerprint density at radius 1 is 0.972 bits per heavy atom. The van der Waals surface area contributed by atoms with Gasteiger partial charge in [-0.15, -0.1) is 0 Å². The Morgan fingerprint density at radius 2 is 1.56 bits per heavy atom. The standard InChI is InChI=1S/C23H26F4N4O4S/c1-15-19(36(28,33)34)14-18(21(20(15)24)30-10-12-35-13-11-30)22(32)31-8-6-29(7-9-31)17-4-2-16(3-5-17)23(25,26)27/h2-5,14H,6-13H2,1H3,(H2,28,33,34). The first kappa shape index (κ1) is 26.2. The van der Waals surface area contributed by atoms with Gasteiger partial charge in [-0.25, -0.2) is 17.9 Å². The van der Waals surface area contributed by atoms with E-state index in [0.717, 1.165) is 18.2 Å². The summed E-state index contributed by atoms with van der Waals surface area (Å²) in [5.41, 5.74) is -0.419. The summed E-state index contributed by atoms with van der Waals surface area (Å²) >= 11 is 0. The van der Waals surface area contributed by atoms with Gasteiger partial charge in [0.2, 0.25) is 10.0 Å². The molecule has 0 bridgehead atoms. The first-order valence-electron chi connectivity index (χ1n) is 11.3. The van der Waals surface area contributed by atoms with Crippen molar-refractivity contribution in [2.45, 2.75) is 18.0 Å². The number of nitrogens with zero attached hydrogens (tertiary/aromatic N) is 3. The van der Waals surface area contributed by atoms with Crippen LogP contribution in [-0.4, -0.2) is 71.7 Å². The van der Waals surface area contributed by atoms with Crippen LogP contribution in [0.5, 0.6) is 0 Å². The number of ether oxygens (including phenoxy) is 1. The Morgan fingerprint density at radius 3 is 2.08 bits per heavy atom. The van der Waals surface area contributed by atoms with Gasteiger partial charge in [-0.1, -0.05) is 0 Å². The number of carbonyl (C=O) groups excluding carboxylic acids is 1. The number of nitrogens with two attached hydrogens (primary N) is 1. The fourth-order valence-corrected chi connectivity index (χ4v) is 5.26. The molecule has 2 heterocycles. The van der Waals surface area contributed by atoms with Gasteiger partial charge >= 0.3 is 6.18 Å². The van der Waals surface area contributed by atoms with Crippen molar-refractivity contribution >= 4 is 27.3 Å². The molecule has 2 fully saturated rings. The van der Waals surface area contributed by atoms with Crippen LogP contribution in [0.25, 0.3) is 0 Å². The second kappa shape index (κ2) is 9.87. The van der Waals surface area contributed by atoms with Crippen LogP contribution in [0.4, 0.5) is 28.9 Å². The molecule has 2 N–H and O–H groups in total. The maximum atomic E-state index is 15.5. The number of rotatable bonds is 4. The number of hydrogen-bond donors (Lipinski definition) is 1. The SMILES string of the molecule is Cc1c(S(N)(=O)=O)cc(C(=O)N2CCN(c3ccc(C(F)(F)F)cc3)CC2)c(N2CCOCC2)c1F. The molecule has 0 atom stereocenters. The van der Waals surface area contributed by atoms with Gasteiger partial charge < -0.3 is 19.4 Å². The molecule has 2 aromatic carbocycles. The molecule has 196 valence electrons. The molecule has 0 radical (unpaired) electrons. The van der Waals surface area contributed by atoms with E-state index >= 15 is 4.39 Å². The van der Waals surface area contributed by atoms with E-state index < -0.39 is 38.4 Å². The summed E-state index contributed by atoms with van der Waals surface area (Å²) in [6.45, 7) is 3.70. The molecule has 0 aliphatic carbocycles. The summed E-state index contributed by atoms with van der Waals surface area (Å²) in [5.74, 6) is -1.37. The third kappa shape index (κ3) is 5.27. The van der Waals surface area contributed by atoms with Crippen molar-refractivity contribution in [1.29, 1.82) is 0 Å². The summed E-state index contributed by atoms with van der Waals surface area (Å²) in [4.78, 5) is 18.0. The molecule has 0 saturated carbocycles. The number of anilines is 2. The summed E-state index contributed by atoms with van der Waals surface area (Å²) in [6, 6.07) is 5.90. The molecular formula is C23H26F4N4O4S. The Labute approximate surface area is 206 Å². The summed E-state index contributed by atoms with van der Waals surface area (Å²) in [6.07, 6.45) is -4.43. The molecule has 8 nitrogen and oxygen atoms in total. The molecule has 36 heavy (non-hydrogen) atoms. The highest BCUT2D eigenvalue weighted by molar-refractivity contribution is 7.89. The molecular weight excluding hydrogens is 504 g/mol. The molecule has 2 aliphatic heterocycles. The lowest BCUT2D eigenvalue weighted by molar-refractivity contribution is -0.137. The van der Waals surface area contributed by atoms with Gasteiger partial charge in [-0.2, -0.15) is 13.2 Å². The molecule has 2 saturated heterocycles. The van der Waals surface area contributed by atoms with Gasteiger partial charge in [0, 0.05) is 50.5 Å². The van der Waals surface area contributed by atoms with Crippen LogP contribution < -0.4 is 14.9 Å². The van der Waals surface area contributed by atoms with E-state index in [1.807, 2.05) is 4.90 Å². The predicted octanol–water partition coefficient (Wildman–Crippen LogP) is 2.60. The number of morpholine rings is 1. The van der Waals surface area contributed by atoms with Crippen LogP contribution >= 0.6 is 0 Å². The van der Waals surface area contributed by atoms with Crippen molar-refractivity contribution in [3.8, 4) is 0 Å². The van der Waals surface area contributed by atoms with Crippen molar-refractivity contribution in [3.63, 3.8) is 0 Å². The molecule has 4 rings (SSSR count). The number of alkyl halides is 3. The number of halogens is 4. The van der Waals surface area contributed by atoms with E-state index in [1.54, 1.807) is 4.90 Å². The fourth-order valence-electron chi connectivity index (χ4n) is 4.47. The maximum Gasteiger partial charge on any atom is 0.416 e. The van der Waals surface area contributed by atoms with Gasteiger partial charge in [-0.05, 0) is 37.3 Å². The normalized spacial score (nSPS) is 17.4. The van der Waals surface area contributed by atoms with Crippen molar-refractivity contribution in [3.05, 3.63) is 52.8 Å². The van der Waals surface area contributed by atoms with Gasteiger partial charge in [0.25, 0.3) is 5.91 Å². The van der Waals surface area contributed by atoms with E-state index in [-0.39, 0.29) is 29.9 Å². The smallest absolute Gasteiger partial charge is 0.378 e. The van der Waals surface area contributed by atoms with Crippen LogP contribution in [0, 0.1) is 12.7 Å². The summed E-state index contributed by atoms with van der Waals surface area (Å²) in [7, 11) is -4.29. The molecule has 0 spiro atoms. The molecule has 0 aromatic heterocycles. The monoisotopic (exact) mass is 530 g/mol. The Hall–Kier alpha value is -2.90. The predicted molar refractivity (Wildman–Crippen MR) is 125 cm³/mol. The molecule has 2 aromatic rings. The van der Waals surface area contributed by atoms with E-state index in [0.29, 0.717) is 45.1 Å². The van der Waals surface area contributed by atoms with E-state index in [2.05, 4.69) is 0 Å². The number of primary sulfonamides is 1. The maximum absolute atomic E-state index is 15.5. The topological polar surface area (TPSA) is 96.2 Å². The zero-order valence-electron chi connectivity index (χ0n) is 19.5. The van der Waals surface area contributed by atoms with Crippen LogP contribution in [0.2, 0.25) is 0 Å². The lowest BCUT2D eigenvalue weighted by atomic mass is 10.0. The second-order valence-corrected chi connectivity index (χ2v) is 10.2. The average molecular weight is 531 g/mol. The number of benzene rings is 2. The van der Waals surface area contributed by atoms with Crippen LogP contribution in [-0.2, 0) is 20.9 Å².